The molecule has 6 nitrogen and oxygen atoms in total. The Kier molecular flexibility index (Phi) is 3.79. The van der Waals surface area contributed by atoms with E-state index in [9.17, 15) is 9.90 Å². The summed E-state index contributed by atoms with van der Waals surface area (Å²) < 4.78 is 0. The molecule has 0 atom stereocenters. The Hall–Kier alpha value is -1.69. The van der Waals surface area contributed by atoms with E-state index in [1.807, 2.05) is 0 Å². The largest absolute Gasteiger partial charge is 0.390 e. The molecule has 4 saturated carbocycles. The van der Waals surface area contributed by atoms with Crippen LogP contribution in [0.1, 0.15) is 80.9 Å². The average molecular weight is 344 g/mol. The lowest BCUT2D eigenvalue weighted by Crippen LogP contribution is -2.47. The van der Waals surface area contributed by atoms with Crippen LogP contribution in [-0.4, -0.2) is 32.1 Å². The number of nitrogens with two attached hydrogens (primary N) is 1. The number of nitrogens with one attached hydrogen (secondary N) is 1. The lowest BCUT2D eigenvalue weighted by Gasteiger charge is -2.51. The van der Waals surface area contributed by atoms with Crippen molar-refractivity contribution in [1.82, 2.24) is 9.97 Å². The summed E-state index contributed by atoms with van der Waals surface area (Å²) in [5, 5.41) is 13.8. The first-order valence-corrected chi connectivity index (χ1v) is 9.47. The number of fused-ring (bicyclic) bond motifs is 3. The highest BCUT2D eigenvalue weighted by Gasteiger charge is 2.48. The Labute approximate surface area is 148 Å². The van der Waals surface area contributed by atoms with Crippen LogP contribution >= 0.6 is 0 Å². The van der Waals surface area contributed by atoms with Gasteiger partial charge >= 0.3 is 0 Å². The number of aliphatic hydroxyl groups is 1. The molecule has 25 heavy (non-hydrogen) atoms. The molecule has 0 aliphatic heterocycles. The van der Waals surface area contributed by atoms with Gasteiger partial charge in [0.05, 0.1) is 11.2 Å². The second kappa shape index (κ2) is 5.66. The van der Waals surface area contributed by atoms with Gasteiger partial charge in [-0.15, -0.1) is 0 Å². The third kappa shape index (κ3) is 3.12. The highest BCUT2D eigenvalue weighted by atomic mass is 16.3. The maximum absolute atomic E-state index is 11.8. The van der Waals surface area contributed by atoms with Crippen LogP contribution in [0.25, 0.3) is 0 Å². The van der Waals surface area contributed by atoms with Crippen molar-refractivity contribution in [2.75, 3.05) is 5.32 Å². The zero-order valence-electron chi connectivity index (χ0n) is 15.0. The average Bonchev–Trinajstić information content (AvgIpc) is 2.55. The smallest absolute Gasteiger partial charge is 0.254 e. The van der Waals surface area contributed by atoms with Gasteiger partial charge in [0.1, 0.15) is 11.6 Å². The van der Waals surface area contributed by atoms with Crippen molar-refractivity contribution in [2.24, 2.45) is 11.1 Å². The number of rotatable bonds is 5. The second-order valence-electron chi connectivity index (χ2n) is 8.85. The van der Waals surface area contributed by atoms with Gasteiger partial charge in [0.2, 0.25) is 0 Å². The van der Waals surface area contributed by atoms with E-state index in [0.29, 0.717) is 11.4 Å². The van der Waals surface area contributed by atoms with E-state index < -0.39 is 11.5 Å². The molecule has 1 aromatic heterocycles. The van der Waals surface area contributed by atoms with Crippen LogP contribution in [0.4, 0.5) is 5.82 Å². The van der Waals surface area contributed by atoms with E-state index in [1.165, 1.54) is 6.42 Å². The molecule has 1 heterocycles. The van der Waals surface area contributed by atoms with Crippen LogP contribution in [0.5, 0.6) is 0 Å². The zero-order chi connectivity index (χ0) is 17.7. The zero-order valence-corrected chi connectivity index (χ0v) is 15.0. The Balaban J connectivity index is 1.57. The summed E-state index contributed by atoms with van der Waals surface area (Å²) in [5.74, 6) is 0.873. The molecule has 0 aromatic carbocycles. The van der Waals surface area contributed by atoms with E-state index in [0.717, 1.165) is 63.6 Å². The maximum atomic E-state index is 11.8. The second-order valence-corrected chi connectivity index (χ2v) is 8.85. The first kappa shape index (κ1) is 16.8. The third-order valence-electron chi connectivity index (χ3n) is 6.88. The van der Waals surface area contributed by atoms with Crippen LogP contribution in [0.3, 0.4) is 0 Å². The number of primary amides is 1. The molecule has 0 saturated heterocycles. The minimum absolute atomic E-state index is 0.000275. The van der Waals surface area contributed by atoms with Crippen molar-refractivity contribution in [3.63, 3.8) is 0 Å². The van der Waals surface area contributed by atoms with Gasteiger partial charge in [0.15, 0.2) is 0 Å². The van der Waals surface area contributed by atoms with E-state index in [2.05, 4.69) is 17.2 Å². The molecule has 1 amide bonds. The van der Waals surface area contributed by atoms with E-state index in [4.69, 9.17) is 10.7 Å². The van der Waals surface area contributed by atoms with E-state index >= 15 is 0 Å². The van der Waals surface area contributed by atoms with Crippen molar-refractivity contribution < 1.29 is 9.90 Å². The lowest BCUT2D eigenvalue weighted by atomic mass is 9.57. The fourth-order valence-corrected chi connectivity index (χ4v) is 4.74. The van der Waals surface area contributed by atoms with Crippen LogP contribution in [0.2, 0.25) is 0 Å². The first-order chi connectivity index (χ1) is 11.8. The molecule has 4 aliphatic carbocycles. The summed E-state index contributed by atoms with van der Waals surface area (Å²) in [5.41, 5.74) is 5.66. The number of nitrogens with zero attached hydrogens (tertiary/aromatic N) is 2. The quantitative estimate of drug-likeness (QED) is 0.762. The Morgan fingerprint density at radius 3 is 2.36 bits per heavy atom. The summed E-state index contributed by atoms with van der Waals surface area (Å²) in [7, 11) is 0. The highest BCUT2D eigenvalue weighted by Crippen LogP contribution is 2.53. The van der Waals surface area contributed by atoms with Crippen molar-refractivity contribution in [1.29, 1.82) is 0 Å². The van der Waals surface area contributed by atoms with Gasteiger partial charge in [0, 0.05) is 18.2 Å². The van der Waals surface area contributed by atoms with Crippen molar-refractivity contribution in [3.05, 3.63) is 17.6 Å². The molecule has 0 spiro atoms. The van der Waals surface area contributed by atoms with Crippen molar-refractivity contribution >= 4 is 11.7 Å². The molecule has 4 aliphatic rings. The Bertz CT molecular complexity index is 674. The number of carbonyl (C=O) groups is 1. The normalized spacial score (nSPS) is 32.9. The molecule has 2 bridgehead atoms. The van der Waals surface area contributed by atoms with Gasteiger partial charge in [-0.25, -0.2) is 9.97 Å². The highest BCUT2D eigenvalue weighted by molar-refractivity contribution is 5.97. The van der Waals surface area contributed by atoms with Gasteiger partial charge in [0.25, 0.3) is 5.91 Å². The molecule has 6 heteroatoms. The van der Waals surface area contributed by atoms with Gasteiger partial charge in [-0.3, -0.25) is 4.79 Å². The molecule has 5 rings (SSSR count). The van der Waals surface area contributed by atoms with Gasteiger partial charge in [-0.2, -0.15) is 0 Å². The van der Waals surface area contributed by atoms with Crippen LogP contribution in [-0.2, 0) is 6.42 Å². The molecule has 0 radical (unpaired) electrons. The van der Waals surface area contributed by atoms with Gasteiger partial charge in [-0.05, 0) is 70.1 Å². The topological polar surface area (TPSA) is 101 Å². The SMILES string of the molecule is CC1(Nc2nc(CC34CCC(O)(CC3)CC4)ncc2C(N)=O)CCC1. The summed E-state index contributed by atoms with van der Waals surface area (Å²) in [6.45, 7) is 2.16. The summed E-state index contributed by atoms with van der Waals surface area (Å²) in [6.07, 6.45) is 11.5. The molecular weight excluding hydrogens is 316 g/mol. The maximum Gasteiger partial charge on any atom is 0.254 e. The minimum Gasteiger partial charge on any atom is -0.390 e. The summed E-state index contributed by atoms with van der Waals surface area (Å²) >= 11 is 0. The van der Waals surface area contributed by atoms with Crippen molar-refractivity contribution in [3.8, 4) is 0 Å². The number of hydrogen-bond acceptors (Lipinski definition) is 5. The van der Waals surface area contributed by atoms with E-state index in [1.54, 1.807) is 6.20 Å². The third-order valence-corrected chi connectivity index (χ3v) is 6.88. The molecular formula is C19H28N4O2. The lowest BCUT2D eigenvalue weighted by molar-refractivity contribution is -0.0920. The Morgan fingerprint density at radius 2 is 1.84 bits per heavy atom. The number of amides is 1. The number of aromatic nitrogens is 2. The molecule has 0 unspecified atom stereocenters. The van der Waals surface area contributed by atoms with Gasteiger partial charge < -0.3 is 16.2 Å². The fourth-order valence-electron chi connectivity index (χ4n) is 4.74. The first-order valence-electron chi connectivity index (χ1n) is 9.47. The van der Waals surface area contributed by atoms with Crippen molar-refractivity contribution in [2.45, 2.75) is 82.3 Å². The van der Waals surface area contributed by atoms with Gasteiger partial charge in [-0.1, -0.05) is 0 Å². The van der Waals surface area contributed by atoms with Crippen LogP contribution < -0.4 is 11.1 Å². The molecule has 1 aromatic rings. The molecule has 4 fully saturated rings. The minimum atomic E-state index is -0.490. The number of hydrogen-bond donors (Lipinski definition) is 3. The molecule has 136 valence electrons. The monoisotopic (exact) mass is 344 g/mol. The predicted octanol–water partition coefficient (Wildman–Crippen LogP) is 2.56. The number of carbonyl (C=O) groups excluding carboxylic acids is 1. The van der Waals surface area contributed by atoms with Crippen LogP contribution in [0.15, 0.2) is 6.20 Å². The Morgan fingerprint density at radius 1 is 1.20 bits per heavy atom. The standard InChI is InChI=1S/C19H28N4O2/c1-17(3-2-4-17)23-16-13(15(20)24)12-21-14(22-16)11-18-5-8-19(25,9-6-18)10-7-18/h12,25H,2-11H2,1H3,(H2,20,24)(H,21,22,23). The number of anilines is 1. The summed E-state index contributed by atoms with van der Waals surface area (Å²) in [4.78, 5) is 20.9. The summed E-state index contributed by atoms with van der Waals surface area (Å²) in [6, 6.07) is 0. The van der Waals surface area contributed by atoms with Crippen LogP contribution in [0, 0.1) is 5.41 Å². The molecule has 4 N–H and O–H groups in total. The fraction of sp³-hybridized carbons (Fsp3) is 0.737. The predicted molar refractivity (Wildman–Crippen MR) is 95.2 cm³/mol. The van der Waals surface area contributed by atoms with E-state index in [-0.39, 0.29) is 11.0 Å².